The van der Waals surface area contributed by atoms with Crippen LogP contribution in [0.2, 0.25) is 5.02 Å². The Morgan fingerprint density at radius 1 is 1.33 bits per heavy atom. The van der Waals surface area contributed by atoms with Crippen LogP contribution in [0.5, 0.6) is 5.75 Å². The molecule has 2 N–H and O–H groups in total. The van der Waals surface area contributed by atoms with Crippen molar-refractivity contribution in [1.82, 2.24) is 10.2 Å². The maximum Gasteiger partial charge on any atom is 0.317 e. The van der Waals surface area contributed by atoms with Gasteiger partial charge in [-0.05, 0) is 50.5 Å². The Labute approximate surface area is 146 Å². The van der Waals surface area contributed by atoms with Gasteiger partial charge in [-0.2, -0.15) is 0 Å². The highest BCUT2D eigenvalue weighted by atomic mass is 35.5. The summed E-state index contributed by atoms with van der Waals surface area (Å²) in [6.07, 6.45) is 2.10. The van der Waals surface area contributed by atoms with Crippen molar-refractivity contribution in [2.24, 2.45) is 5.41 Å². The van der Waals surface area contributed by atoms with Gasteiger partial charge < -0.3 is 20.1 Å². The zero-order chi connectivity index (χ0) is 17.6. The van der Waals surface area contributed by atoms with E-state index in [4.69, 9.17) is 16.3 Å². The molecule has 7 heteroatoms. The Bertz CT molecular complexity index is 578. The number of halogens is 1. The van der Waals surface area contributed by atoms with E-state index in [9.17, 15) is 14.7 Å². The van der Waals surface area contributed by atoms with Gasteiger partial charge in [0, 0.05) is 24.7 Å². The number of amides is 2. The lowest BCUT2D eigenvalue weighted by Gasteiger charge is -2.20. The van der Waals surface area contributed by atoms with Crippen molar-refractivity contribution in [2.45, 2.75) is 26.2 Å². The number of carbonyl (C=O) groups excluding carboxylic acids is 1. The second-order valence-electron chi connectivity index (χ2n) is 6.28. The van der Waals surface area contributed by atoms with Crippen LogP contribution in [0, 0.1) is 5.41 Å². The topological polar surface area (TPSA) is 78.9 Å². The molecule has 1 unspecified atom stereocenters. The van der Waals surface area contributed by atoms with Crippen molar-refractivity contribution in [2.75, 3.05) is 26.2 Å². The lowest BCUT2D eigenvalue weighted by atomic mass is 9.90. The molecule has 0 radical (unpaired) electrons. The van der Waals surface area contributed by atoms with Crippen molar-refractivity contribution in [3.8, 4) is 5.75 Å². The largest absolute Gasteiger partial charge is 0.494 e. The summed E-state index contributed by atoms with van der Waals surface area (Å²) in [6, 6.07) is 6.99. The number of ether oxygens (including phenoxy) is 1. The molecule has 0 bridgehead atoms. The summed E-state index contributed by atoms with van der Waals surface area (Å²) in [4.78, 5) is 24.8. The standard InChI is InChI=1S/C17H23ClN2O4/c1-17(15(21)22)8-10-20(12-17)16(23)19-9-2-3-11-24-14-6-4-13(18)5-7-14/h4-7H,2-3,8-12H2,1H3,(H,19,23)(H,21,22). The zero-order valence-corrected chi connectivity index (χ0v) is 14.5. The number of hydrogen-bond donors (Lipinski definition) is 2. The first-order valence-electron chi connectivity index (χ1n) is 8.05. The van der Waals surface area contributed by atoms with E-state index in [1.807, 2.05) is 12.1 Å². The lowest BCUT2D eigenvalue weighted by Crippen LogP contribution is -2.41. The molecule has 0 spiro atoms. The number of urea groups is 1. The minimum absolute atomic E-state index is 0.196. The van der Waals surface area contributed by atoms with Gasteiger partial charge in [-0.3, -0.25) is 4.79 Å². The number of hydrogen-bond acceptors (Lipinski definition) is 3. The molecule has 6 nitrogen and oxygen atoms in total. The van der Waals surface area contributed by atoms with Gasteiger partial charge in [-0.15, -0.1) is 0 Å². The number of aliphatic carboxylic acids is 1. The molecule has 1 atom stereocenters. The SMILES string of the molecule is CC1(C(=O)O)CCN(C(=O)NCCCCOc2ccc(Cl)cc2)C1. The second kappa shape index (κ2) is 8.24. The summed E-state index contributed by atoms with van der Waals surface area (Å²) < 4.78 is 5.57. The molecular formula is C17H23ClN2O4. The molecule has 0 aromatic heterocycles. The van der Waals surface area contributed by atoms with E-state index in [2.05, 4.69) is 5.32 Å². The van der Waals surface area contributed by atoms with Gasteiger partial charge in [-0.25, -0.2) is 4.79 Å². The molecule has 1 aliphatic heterocycles. The van der Waals surface area contributed by atoms with Gasteiger partial charge >= 0.3 is 12.0 Å². The van der Waals surface area contributed by atoms with Crippen LogP contribution in [0.25, 0.3) is 0 Å². The molecule has 1 aliphatic rings. The number of nitrogens with zero attached hydrogens (tertiary/aromatic N) is 1. The number of rotatable bonds is 7. The Hall–Kier alpha value is -1.95. The predicted octanol–water partition coefficient (Wildman–Crippen LogP) is 3.01. The highest BCUT2D eigenvalue weighted by molar-refractivity contribution is 6.30. The quantitative estimate of drug-likeness (QED) is 0.738. The lowest BCUT2D eigenvalue weighted by molar-refractivity contribution is -0.146. The van der Waals surface area contributed by atoms with Crippen LogP contribution in [-0.2, 0) is 4.79 Å². The van der Waals surface area contributed by atoms with Crippen molar-refractivity contribution in [3.05, 3.63) is 29.3 Å². The summed E-state index contributed by atoms with van der Waals surface area (Å²) >= 11 is 5.80. The summed E-state index contributed by atoms with van der Waals surface area (Å²) in [5, 5.41) is 12.7. The minimum Gasteiger partial charge on any atom is -0.494 e. The van der Waals surface area contributed by atoms with Gasteiger partial charge in [0.15, 0.2) is 0 Å². The highest BCUT2D eigenvalue weighted by Gasteiger charge is 2.42. The Morgan fingerprint density at radius 2 is 2.04 bits per heavy atom. The predicted molar refractivity (Wildman–Crippen MR) is 91.5 cm³/mol. The van der Waals surface area contributed by atoms with Crippen molar-refractivity contribution in [1.29, 1.82) is 0 Å². The van der Waals surface area contributed by atoms with Gasteiger partial charge in [-0.1, -0.05) is 11.6 Å². The number of carboxylic acid groups (broad SMARTS) is 1. The summed E-state index contributed by atoms with van der Waals surface area (Å²) in [5.41, 5.74) is -0.830. The number of likely N-dealkylation sites (tertiary alicyclic amines) is 1. The summed E-state index contributed by atoms with van der Waals surface area (Å²) in [7, 11) is 0. The number of carbonyl (C=O) groups is 2. The summed E-state index contributed by atoms with van der Waals surface area (Å²) in [6.45, 7) is 3.53. The number of benzene rings is 1. The van der Waals surface area contributed by atoms with Gasteiger partial charge in [0.05, 0.1) is 12.0 Å². The molecule has 24 heavy (non-hydrogen) atoms. The molecule has 1 fully saturated rings. The Kier molecular flexibility index (Phi) is 6.31. The second-order valence-corrected chi connectivity index (χ2v) is 6.72. The van der Waals surface area contributed by atoms with Crippen LogP contribution < -0.4 is 10.1 Å². The summed E-state index contributed by atoms with van der Waals surface area (Å²) in [5.74, 6) is -0.0781. The molecule has 0 aliphatic carbocycles. The number of unbranched alkanes of at least 4 members (excludes halogenated alkanes) is 1. The van der Waals surface area contributed by atoms with Gasteiger partial charge in [0.1, 0.15) is 5.75 Å². The van der Waals surface area contributed by atoms with E-state index in [0.29, 0.717) is 31.1 Å². The van der Waals surface area contributed by atoms with Gasteiger partial charge in [0.2, 0.25) is 0 Å². The Morgan fingerprint density at radius 3 is 2.67 bits per heavy atom. The van der Waals surface area contributed by atoms with E-state index in [0.717, 1.165) is 18.6 Å². The molecule has 1 aromatic carbocycles. The van der Waals surface area contributed by atoms with Crippen molar-refractivity contribution in [3.63, 3.8) is 0 Å². The molecule has 1 aromatic rings. The number of nitrogens with one attached hydrogen (secondary N) is 1. The van der Waals surface area contributed by atoms with E-state index >= 15 is 0 Å². The average Bonchev–Trinajstić information content (AvgIpc) is 2.96. The van der Waals surface area contributed by atoms with Gasteiger partial charge in [0.25, 0.3) is 0 Å². The smallest absolute Gasteiger partial charge is 0.317 e. The van der Waals surface area contributed by atoms with E-state index < -0.39 is 11.4 Å². The molecular weight excluding hydrogens is 332 g/mol. The first kappa shape index (κ1) is 18.4. The molecule has 1 saturated heterocycles. The number of carboxylic acids is 1. The maximum atomic E-state index is 12.0. The maximum absolute atomic E-state index is 12.0. The molecule has 0 saturated carbocycles. The Balaban J connectivity index is 1.58. The minimum atomic E-state index is -0.850. The van der Waals surface area contributed by atoms with E-state index in [1.165, 1.54) is 0 Å². The zero-order valence-electron chi connectivity index (χ0n) is 13.8. The normalized spacial score (nSPS) is 20.0. The van der Waals surface area contributed by atoms with Crippen LogP contribution in [0.15, 0.2) is 24.3 Å². The first-order chi connectivity index (χ1) is 11.4. The fourth-order valence-electron chi connectivity index (χ4n) is 2.56. The fraction of sp³-hybridized carbons (Fsp3) is 0.529. The van der Waals surface area contributed by atoms with Crippen LogP contribution in [0.1, 0.15) is 26.2 Å². The van der Waals surface area contributed by atoms with E-state index in [-0.39, 0.29) is 12.6 Å². The molecule has 132 valence electrons. The monoisotopic (exact) mass is 354 g/mol. The van der Waals surface area contributed by atoms with Crippen LogP contribution in [0.3, 0.4) is 0 Å². The molecule has 2 amide bonds. The highest BCUT2D eigenvalue weighted by Crippen LogP contribution is 2.29. The average molecular weight is 355 g/mol. The van der Waals surface area contributed by atoms with Crippen LogP contribution in [0.4, 0.5) is 4.79 Å². The van der Waals surface area contributed by atoms with Crippen LogP contribution in [-0.4, -0.2) is 48.2 Å². The third-order valence-electron chi connectivity index (χ3n) is 4.21. The van der Waals surface area contributed by atoms with Crippen molar-refractivity contribution < 1.29 is 19.4 Å². The van der Waals surface area contributed by atoms with Crippen LogP contribution >= 0.6 is 11.6 Å². The molecule has 1 heterocycles. The van der Waals surface area contributed by atoms with E-state index in [1.54, 1.807) is 24.0 Å². The third kappa shape index (κ3) is 5.03. The fourth-order valence-corrected chi connectivity index (χ4v) is 2.69. The third-order valence-corrected chi connectivity index (χ3v) is 4.46. The first-order valence-corrected chi connectivity index (χ1v) is 8.43. The van der Waals surface area contributed by atoms with Crippen molar-refractivity contribution >= 4 is 23.6 Å². The molecule has 2 rings (SSSR count).